The van der Waals surface area contributed by atoms with Crippen molar-refractivity contribution >= 4 is 44.4 Å². The van der Waals surface area contributed by atoms with Gasteiger partial charge in [0.25, 0.3) is 5.56 Å². The van der Waals surface area contributed by atoms with Gasteiger partial charge in [0.2, 0.25) is 5.91 Å². The molecule has 0 spiro atoms. The van der Waals surface area contributed by atoms with Crippen LogP contribution in [-0.4, -0.2) is 46.1 Å². The topological polar surface area (TPSA) is 106 Å². The third-order valence-electron chi connectivity index (χ3n) is 4.40. The van der Waals surface area contributed by atoms with Crippen LogP contribution in [0.3, 0.4) is 0 Å². The van der Waals surface area contributed by atoms with Crippen LogP contribution in [0, 0.1) is 0 Å². The third kappa shape index (κ3) is 4.65. The summed E-state index contributed by atoms with van der Waals surface area (Å²) in [7, 11) is 0. The highest BCUT2D eigenvalue weighted by atomic mass is 32.1. The zero-order valence-corrected chi connectivity index (χ0v) is 17.9. The van der Waals surface area contributed by atoms with Gasteiger partial charge in [-0.15, -0.1) is 0 Å². The fourth-order valence-electron chi connectivity index (χ4n) is 2.84. The molecule has 3 aromatic rings. The van der Waals surface area contributed by atoms with Crippen LogP contribution in [0.1, 0.15) is 31.1 Å². The van der Waals surface area contributed by atoms with E-state index >= 15 is 0 Å². The Bertz CT molecular complexity index is 1100. The number of rotatable bonds is 8. The first-order valence-corrected chi connectivity index (χ1v) is 10.5. The lowest BCUT2D eigenvalue weighted by Crippen LogP contribution is -2.27. The van der Waals surface area contributed by atoms with Gasteiger partial charge in [0, 0.05) is 18.8 Å². The molecular weight excluding hydrogens is 406 g/mol. The van der Waals surface area contributed by atoms with E-state index in [2.05, 4.69) is 15.3 Å². The van der Waals surface area contributed by atoms with E-state index in [4.69, 9.17) is 4.74 Å². The second-order valence-electron chi connectivity index (χ2n) is 6.35. The molecule has 0 fully saturated rings. The molecule has 0 atom stereocenters. The number of amides is 1. The molecule has 30 heavy (non-hydrogen) atoms. The number of esters is 1. The zero-order valence-electron chi connectivity index (χ0n) is 17.0. The van der Waals surface area contributed by atoms with Crippen LogP contribution in [0.2, 0.25) is 0 Å². The van der Waals surface area contributed by atoms with Gasteiger partial charge in [-0.25, -0.2) is 9.78 Å². The minimum atomic E-state index is -0.421. The molecule has 3 rings (SSSR count). The molecule has 0 saturated carbocycles. The Kier molecular flexibility index (Phi) is 6.78. The summed E-state index contributed by atoms with van der Waals surface area (Å²) in [5.74, 6) is -0.800. The smallest absolute Gasteiger partial charge is 0.338 e. The van der Waals surface area contributed by atoms with E-state index in [0.29, 0.717) is 28.2 Å². The zero-order chi connectivity index (χ0) is 21.7. The molecule has 0 radical (unpaired) electrons. The van der Waals surface area contributed by atoms with E-state index in [-0.39, 0.29) is 18.0 Å². The number of fused-ring (bicyclic) bond motifs is 1. The number of carbonyl (C=O) groups is 2. The number of carbonyl (C=O) groups excluding carboxylic acids is 2. The first kappa shape index (κ1) is 21.4. The highest BCUT2D eigenvalue weighted by molar-refractivity contribution is 7.22. The van der Waals surface area contributed by atoms with Crippen LogP contribution < -0.4 is 15.8 Å². The number of nitrogens with one attached hydrogen (secondary N) is 1. The van der Waals surface area contributed by atoms with Crippen molar-refractivity contribution in [3.05, 3.63) is 46.5 Å². The predicted octanol–water partition coefficient (Wildman–Crippen LogP) is 2.51. The number of hydrogen-bond donors (Lipinski definition) is 1. The Morgan fingerprint density at radius 2 is 1.87 bits per heavy atom. The SMILES string of the molecule is CCOC(=O)c1ccc(NC(=O)Cn2cnc3nc(N(CC)CC)sc3c2=O)cc1. The summed E-state index contributed by atoms with van der Waals surface area (Å²) in [5, 5.41) is 3.45. The Morgan fingerprint density at radius 1 is 1.17 bits per heavy atom. The van der Waals surface area contributed by atoms with Crippen molar-refractivity contribution in [3.63, 3.8) is 0 Å². The van der Waals surface area contributed by atoms with Gasteiger partial charge in [-0.05, 0) is 45.0 Å². The Balaban J connectivity index is 1.72. The van der Waals surface area contributed by atoms with E-state index in [9.17, 15) is 14.4 Å². The first-order chi connectivity index (χ1) is 14.5. The standard InChI is InChI=1S/C20H23N5O4S/c1-4-24(5-2)20-23-17-16(30-20)18(27)25(12-21-17)11-15(26)22-14-9-7-13(8-10-14)19(28)29-6-3/h7-10,12H,4-6,11H2,1-3H3,(H,22,26). The molecule has 0 saturated heterocycles. The van der Waals surface area contributed by atoms with Crippen molar-refractivity contribution in [2.45, 2.75) is 27.3 Å². The minimum Gasteiger partial charge on any atom is -0.462 e. The van der Waals surface area contributed by atoms with Crippen LogP contribution in [-0.2, 0) is 16.1 Å². The Hall–Kier alpha value is -3.27. The Morgan fingerprint density at radius 3 is 2.50 bits per heavy atom. The normalized spacial score (nSPS) is 10.8. The highest BCUT2D eigenvalue weighted by Crippen LogP contribution is 2.24. The average Bonchev–Trinajstić information content (AvgIpc) is 3.16. The summed E-state index contributed by atoms with van der Waals surface area (Å²) in [6.07, 6.45) is 1.33. The number of anilines is 2. The molecule has 9 nitrogen and oxygen atoms in total. The molecule has 0 aliphatic rings. The van der Waals surface area contributed by atoms with Gasteiger partial charge in [0.15, 0.2) is 10.8 Å². The average molecular weight is 430 g/mol. The first-order valence-electron chi connectivity index (χ1n) is 9.64. The number of ether oxygens (including phenoxy) is 1. The monoisotopic (exact) mass is 429 g/mol. The van der Waals surface area contributed by atoms with Crippen molar-refractivity contribution in [2.24, 2.45) is 0 Å². The highest BCUT2D eigenvalue weighted by Gasteiger charge is 2.15. The maximum absolute atomic E-state index is 12.8. The molecule has 2 heterocycles. The van der Waals surface area contributed by atoms with Gasteiger partial charge in [0.05, 0.1) is 12.2 Å². The molecule has 10 heteroatoms. The molecule has 0 bridgehead atoms. The summed E-state index contributed by atoms with van der Waals surface area (Å²) < 4.78 is 6.61. The summed E-state index contributed by atoms with van der Waals surface area (Å²) in [5.41, 5.74) is 0.994. The minimum absolute atomic E-state index is 0.181. The maximum Gasteiger partial charge on any atom is 0.338 e. The van der Waals surface area contributed by atoms with Gasteiger partial charge in [-0.2, -0.15) is 4.98 Å². The van der Waals surface area contributed by atoms with E-state index in [1.54, 1.807) is 31.2 Å². The molecule has 1 amide bonds. The molecule has 158 valence electrons. The fourth-order valence-corrected chi connectivity index (χ4v) is 3.93. The number of hydrogen-bond acceptors (Lipinski definition) is 8. The predicted molar refractivity (Wildman–Crippen MR) is 116 cm³/mol. The lowest BCUT2D eigenvalue weighted by atomic mass is 10.2. The molecule has 1 aromatic carbocycles. The second kappa shape index (κ2) is 9.49. The Labute approximate surface area is 177 Å². The van der Waals surface area contributed by atoms with Gasteiger partial charge < -0.3 is 15.0 Å². The van der Waals surface area contributed by atoms with Crippen molar-refractivity contribution in [2.75, 3.05) is 29.9 Å². The maximum atomic E-state index is 12.8. The summed E-state index contributed by atoms with van der Waals surface area (Å²) in [4.78, 5) is 47.5. The molecule has 0 unspecified atom stereocenters. The quantitative estimate of drug-likeness (QED) is 0.548. The number of aromatic nitrogens is 3. The largest absolute Gasteiger partial charge is 0.462 e. The molecule has 0 aliphatic heterocycles. The summed E-state index contributed by atoms with van der Waals surface area (Å²) in [6, 6.07) is 6.35. The van der Waals surface area contributed by atoms with Crippen LogP contribution in [0.25, 0.3) is 10.3 Å². The molecule has 2 aromatic heterocycles. The van der Waals surface area contributed by atoms with Crippen LogP contribution in [0.4, 0.5) is 10.8 Å². The van der Waals surface area contributed by atoms with Crippen LogP contribution in [0.5, 0.6) is 0 Å². The summed E-state index contributed by atoms with van der Waals surface area (Å²) >= 11 is 1.28. The number of benzene rings is 1. The van der Waals surface area contributed by atoms with Crippen molar-refractivity contribution < 1.29 is 14.3 Å². The van der Waals surface area contributed by atoms with E-state index < -0.39 is 5.97 Å². The molecule has 0 aliphatic carbocycles. The van der Waals surface area contributed by atoms with Crippen LogP contribution >= 0.6 is 11.3 Å². The van der Waals surface area contributed by atoms with Gasteiger partial charge in [-0.1, -0.05) is 11.3 Å². The van der Waals surface area contributed by atoms with Gasteiger partial charge in [-0.3, -0.25) is 14.2 Å². The van der Waals surface area contributed by atoms with Crippen molar-refractivity contribution in [3.8, 4) is 0 Å². The fraction of sp³-hybridized carbons (Fsp3) is 0.350. The second-order valence-corrected chi connectivity index (χ2v) is 7.32. The van der Waals surface area contributed by atoms with E-state index in [1.807, 2.05) is 18.7 Å². The third-order valence-corrected chi connectivity index (χ3v) is 5.49. The lowest BCUT2D eigenvalue weighted by Gasteiger charge is -2.15. The summed E-state index contributed by atoms with van der Waals surface area (Å²) in [6.45, 7) is 7.44. The molecule has 1 N–H and O–H groups in total. The molecular formula is C20H23N5O4S. The van der Waals surface area contributed by atoms with Crippen molar-refractivity contribution in [1.29, 1.82) is 0 Å². The lowest BCUT2D eigenvalue weighted by molar-refractivity contribution is -0.116. The number of thiazole rings is 1. The number of nitrogens with zero attached hydrogens (tertiary/aromatic N) is 4. The van der Waals surface area contributed by atoms with Gasteiger partial charge in [0.1, 0.15) is 17.6 Å². The van der Waals surface area contributed by atoms with E-state index in [1.165, 1.54) is 22.2 Å². The van der Waals surface area contributed by atoms with Crippen LogP contribution in [0.15, 0.2) is 35.4 Å². The van der Waals surface area contributed by atoms with E-state index in [0.717, 1.165) is 18.2 Å². The van der Waals surface area contributed by atoms with Crippen molar-refractivity contribution in [1.82, 2.24) is 14.5 Å². The van der Waals surface area contributed by atoms with Gasteiger partial charge >= 0.3 is 5.97 Å².